The second-order valence-corrected chi connectivity index (χ2v) is 6.65. The summed E-state index contributed by atoms with van der Waals surface area (Å²) >= 11 is 12.2. The van der Waals surface area contributed by atoms with Crippen LogP contribution in [0.1, 0.15) is 12.5 Å². The molecule has 2 aromatic carbocycles. The topological polar surface area (TPSA) is 80.6 Å². The van der Waals surface area contributed by atoms with Crippen LogP contribution in [0.25, 0.3) is 0 Å². The molecule has 148 valence electrons. The number of ether oxygens (including phenoxy) is 2. The number of carbonyl (C=O) groups is 2. The van der Waals surface area contributed by atoms with E-state index in [1.807, 2.05) is 6.92 Å². The van der Waals surface area contributed by atoms with Crippen LogP contribution in [0, 0.1) is 6.92 Å². The molecule has 1 unspecified atom stereocenters. The van der Waals surface area contributed by atoms with Gasteiger partial charge in [-0.1, -0.05) is 11.6 Å². The Hall–Kier alpha value is -2.64. The number of methoxy groups -OCH3 is 2. The van der Waals surface area contributed by atoms with Crippen molar-refractivity contribution in [1.29, 1.82) is 0 Å². The van der Waals surface area contributed by atoms with Crippen LogP contribution in [0.3, 0.4) is 0 Å². The lowest BCUT2D eigenvalue weighted by Crippen LogP contribution is -2.36. The van der Waals surface area contributed by atoms with Gasteiger partial charge in [-0.15, -0.1) is 0 Å². The number of hydrogen-bond acceptors (Lipinski definition) is 6. The van der Waals surface area contributed by atoms with Crippen molar-refractivity contribution >= 4 is 46.4 Å². The maximum atomic E-state index is 12.7. The van der Waals surface area contributed by atoms with Gasteiger partial charge in [-0.2, -0.15) is 10.2 Å². The maximum absolute atomic E-state index is 12.7. The number of Topliss-reactive ketones (excluding diaryl/α,β-unsaturated/α-hetero) is 1. The van der Waals surface area contributed by atoms with Crippen LogP contribution in [-0.4, -0.2) is 32.0 Å². The number of nitrogens with zero attached hydrogens (tertiary/aromatic N) is 3. The highest BCUT2D eigenvalue weighted by molar-refractivity contribution is 6.39. The Labute approximate surface area is 173 Å². The predicted octanol–water partition coefficient (Wildman–Crippen LogP) is 4.89. The molecular weight excluding hydrogens is 405 g/mol. The molecule has 7 nitrogen and oxygen atoms in total. The van der Waals surface area contributed by atoms with E-state index in [-0.39, 0.29) is 0 Å². The molecule has 0 radical (unpaired) electrons. The summed E-state index contributed by atoms with van der Waals surface area (Å²) in [6.45, 7) is 3.08. The van der Waals surface area contributed by atoms with E-state index in [1.165, 1.54) is 27.2 Å². The average molecular weight is 424 g/mol. The predicted molar refractivity (Wildman–Crippen MR) is 108 cm³/mol. The fourth-order valence-corrected chi connectivity index (χ4v) is 2.87. The first-order chi connectivity index (χ1) is 13.3. The van der Waals surface area contributed by atoms with Gasteiger partial charge in [0.05, 0.1) is 25.6 Å². The molecule has 0 saturated heterocycles. The third kappa shape index (κ3) is 5.21. The number of rotatable bonds is 7. The SMILES string of the molecule is COc1ccc(N(Cl)C(=O)C(N=Nc2cc(C)cc(Cl)c2)C(C)=O)cc1OC. The molecule has 0 heterocycles. The standard InChI is InChI=1S/C19H19Cl2N3O4/c1-11-7-13(20)9-14(8-11)22-23-18(12(2)25)19(26)24(21)15-5-6-16(27-3)17(10-15)28-4/h5-10,18H,1-4H3. The second-order valence-electron chi connectivity index (χ2n) is 5.87. The molecule has 0 N–H and O–H groups in total. The Morgan fingerprint density at radius 1 is 1.07 bits per heavy atom. The van der Waals surface area contributed by atoms with Gasteiger partial charge in [0.1, 0.15) is 0 Å². The number of aryl methyl sites for hydroxylation is 1. The number of anilines is 1. The van der Waals surface area contributed by atoms with Crippen LogP contribution in [0.4, 0.5) is 11.4 Å². The number of azo groups is 1. The molecule has 0 saturated carbocycles. The summed E-state index contributed by atoms with van der Waals surface area (Å²) in [4.78, 5) is 24.7. The van der Waals surface area contributed by atoms with Gasteiger partial charge < -0.3 is 9.47 Å². The van der Waals surface area contributed by atoms with Crippen molar-refractivity contribution in [1.82, 2.24) is 0 Å². The first-order valence-electron chi connectivity index (χ1n) is 8.17. The van der Waals surface area contributed by atoms with E-state index in [0.29, 0.717) is 27.9 Å². The van der Waals surface area contributed by atoms with Crippen LogP contribution >= 0.6 is 23.4 Å². The van der Waals surface area contributed by atoms with Crippen LogP contribution < -0.4 is 13.9 Å². The first kappa shape index (κ1) is 21.7. The van der Waals surface area contributed by atoms with Crippen LogP contribution in [-0.2, 0) is 9.59 Å². The van der Waals surface area contributed by atoms with Crippen molar-refractivity contribution in [3.05, 3.63) is 47.0 Å². The summed E-state index contributed by atoms with van der Waals surface area (Å²) in [5, 5.41) is 8.34. The zero-order valence-electron chi connectivity index (χ0n) is 15.8. The third-order valence-corrected chi connectivity index (χ3v) is 4.30. The van der Waals surface area contributed by atoms with Crippen molar-refractivity contribution in [2.45, 2.75) is 19.9 Å². The molecule has 1 amide bonds. The number of halogens is 2. The first-order valence-corrected chi connectivity index (χ1v) is 8.88. The van der Waals surface area contributed by atoms with Gasteiger partial charge in [0.2, 0.25) is 6.04 Å². The largest absolute Gasteiger partial charge is 0.493 e. The molecule has 0 aromatic heterocycles. The molecule has 28 heavy (non-hydrogen) atoms. The van der Waals surface area contributed by atoms with E-state index in [9.17, 15) is 9.59 Å². The zero-order valence-corrected chi connectivity index (χ0v) is 17.3. The molecule has 0 aliphatic rings. The summed E-state index contributed by atoms with van der Waals surface area (Å²) in [6.07, 6.45) is 0. The van der Waals surface area contributed by atoms with Crippen molar-refractivity contribution in [2.75, 3.05) is 18.6 Å². The fourth-order valence-electron chi connectivity index (χ4n) is 2.39. The second kappa shape index (κ2) is 9.52. The third-order valence-electron chi connectivity index (χ3n) is 3.72. The minimum absolute atomic E-state index is 0.296. The molecule has 0 bridgehead atoms. The van der Waals surface area contributed by atoms with Gasteiger partial charge in [-0.3, -0.25) is 9.59 Å². The monoisotopic (exact) mass is 423 g/mol. The van der Waals surface area contributed by atoms with Gasteiger partial charge in [0.15, 0.2) is 17.3 Å². The summed E-state index contributed by atoms with van der Waals surface area (Å²) in [5.74, 6) is -0.390. The van der Waals surface area contributed by atoms with E-state index in [2.05, 4.69) is 10.2 Å². The molecule has 1 atom stereocenters. The zero-order chi connectivity index (χ0) is 20.8. The van der Waals surface area contributed by atoms with Crippen LogP contribution in [0.15, 0.2) is 46.6 Å². The Balaban J connectivity index is 2.29. The lowest BCUT2D eigenvalue weighted by molar-refractivity contribution is -0.126. The highest BCUT2D eigenvalue weighted by Gasteiger charge is 2.29. The van der Waals surface area contributed by atoms with E-state index in [1.54, 1.807) is 30.3 Å². The Morgan fingerprint density at radius 3 is 2.32 bits per heavy atom. The summed E-state index contributed by atoms with van der Waals surface area (Å²) in [5.41, 5.74) is 1.59. The van der Waals surface area contributed by atoms with Crippen LogP contribution in [0.2, 0.25) is 5.02 Å². The quantitative estimate of drug-likeness (QED) is 0.360. The van der Waals surface area contributed by atoms with Gasteiger partial charge in [0, 0.05) is 22.9 Å². The summed E-state index contributed by atoms with van der Waals surface area (Å²) < 4.78 is 11.2. The highest BCUT2D eigenvalue weighted by Crippen LogP contribution is 2.32. The molecule has 0 aliphatic carbocycles. The van der Waals surface area contributed by atoms with E-state index in [0.717, 1.165) is 9.98 Å². The van der Waals surface area contributed by atoms with Crippen molar-refractivity contribution in [3.8, 4) is 11.5 Å². The molecule has 0 fully saturated rings. The Bertz CT molecular complexity index is 898. The number of ketones is 1. The minimum Gasteiger partial charge on any atom is -0.493 e. The lowest BCUT2D eigenvalue weighted by atomic mass is 10.2. The van der Waals surface area contributed by atoms with Crippen LogP contribution in [0.5, 0.6) is 11.5 Å². The minimum atomic E-state index is -1.40. The number of benzene rings is 2. The highest BCUT2D eigenvalue weighted by atomic mass is 35.5. The van der Waals surface area contributed by atoms with Gasteiger partial charge in [0.25, 0.3) is 5.91 Å². The van der Waals surface area contributed by atoms with Crippen molar-refractivity contribution in [3.63, 3.8) is 0 Å². The number of amides is 1. The molecule has 0 spiro atoms. The molecule has 2 rings (SSSR count). The lowest BCUT2D eigenvalue weighted by Gasteiger charge is -2.18. The summed E-state index contributed by atoms with van der Waals surface area (Å²) in [7, 11) is 2.95. The number of carbonyl (C=O) groups excluding carboxylic acids is 2. The Kier molecular flexibility index (Phi) is 7.37. The maximum Gasteiger partial charge on any atom is 0.276 e. The molecular formula is C19H19Cl2N3O4. The van der Waals surface area contributed by atoms with Gasteiger partial charge in [-0.05, 0) is 49.7 Å². The van der Waals surface area contributed by atoms with E-state index >= 15 is 0 Å². The van der Waals surface area contributed by atoms with E-state index < -0.39 is 17.7 Å². The molecule has 9 heteroatoms. The average Bonchev–Trinajstić information content (AvgIpc) is 2.65. The van der Waals surface area contributed by atoms with Crippen molar-refractivity contribution in [2.24, 2.45) is 10.2 Å². The Morgan fingerprint density at radius 2 is 1.75 bits per heavy atom. The fraction of sp³-hybridized carbons (Fsp3) is 0.263. The van der Waals surface area contributed by atoms with Gasteiger partial charge >= 0.3 is 0 Å². The summed E-state index contributed by atoms with van der Waals surface area (Å²) in [6, 6.07) is 8.32. The smallest absolute Gasteiger partial charge is 0.276 e. The van der Waals surface area contributed by atoms with Gasteiger partial charge in [-0.25, -0.2) is 4.42 Å². The van der Waals surface area contributed by atoms with E-state index in [4.69, 9.17) is 32.9 Å². The van der Waals surface area contributed by atoms with Crippen molar-refractivity contribution < 1.29 is 19.1 Å². The normalized spacial score (nSPS) is 11.9. The number of hydrogen-bond donors (Lipinski definition) is 0. The molecule has 0 aliphatic heterocycles. The molecule has 2 aromatic rings.